The van der Waals surface area contributed by atoms with Crippen molar-refractivity contribution in [3.63, 3.8) is 0 Å². The van der Waals surface area contributed by atoms with Gasteiger partial charge in [0.15, 0.2) is 0 Å². The summed E-state index contributed by atoms with van der Waals surface area (Å²) in [5.74, 6) is -0.361. The summed E-state index contributed by atoms with van der Waals surface area (Å²) in [5, 5.41) is 6.49. The fraction of sp³-hybridized carbons (Fsp3) is 0.333. The van der Waals surface area contributed by atoms with Gasteiger partial charge in [-0.05, 0) is 49.4 Å². The molecule has 4 nitrogen and oxygen atoms in total. The van der Waals surface area contributed by atoms with Gasteiger partial charge in [-0.3, -0.25) is 9.59 Å². The summed E-state index contributed by atoms with van der Waals surface area (Å²) < 4.78 is 0. The van der Waals surface area contributed by atoms with Crippen LogP contribution in [0.5, 0.6) is 0 Å². The number of carbonyl (C=O) groups excluding carboxylic acids is 2. The van der Waals surface area contributed by atoms with E-state index in [-0.39, 0.29) is 11.8 Å². The summed E-state index contributed by atoms with van der Waals surface area (Å²) in [4.78, 5) is 25.0. The predicted molar refractivity (Wildman–Crippen MR) is 103 cm³/mol. The lowest BCUT2D eigenvalue weighted by atomic mass is 10.0. The number of rotatable bonds is 7. The molecule has 2 aromatic rings. The van der Waals surface area contributed by atoms with Crippen LogP contribution in [0.2, 0.25) is 5.02 Å². The molecule has 3 rings (SSSR count). The minimum Gasteiger partial charge on any atom is -0.355 e. The molecule has 1 saturated carbocycles. The molecule has 1 aliphatic carbocycles. The molecular formula is C21H23ClN2O2. The van der Waals surface area contributed by atoms with Gasteiger partial charge in [0.2, 0.25) is 11.8 Å². The van der Waals surface area contributed by atoms with E-state index in [0.29, 0.717) is 37.4 Å². The standard InChI is InChI=1S/C21H23ClN2O2/c1-15-4-2-6-17(12-15)14-24-20(26)21(9-10-21)19(25)23-11-8-16-5-3-7-18(22)13-16/h2-7,12-13H,8-11,14H2,1H3,(H,23,25)(H,24,26). The van der Waals surface area contributed by atoms with Gasteiger partial charge in [-0.15, -0.1) is 0 Å². The van der Waals surface area contributed by atoms with Crippen molar-refractivity contribution >= 4 is 23.4 Å². The SMILES string of the molecule is Cc1cccc(CNC(=O)C2(C(=O)NCCc3cccc(Cl)c3)CC2)c1. The van der Waals surface area contributed by atoms with Crippen LogP contribution in [-0.2, 0) is 22.6 Å². The molecule has 2 amide bonds. The highest BCUT2D eigenvalue weighted by atomic mass is 35.5. The molecule has 136 valence electrons. The molecule has 0 bridgehead atoms. The van der Waals surface area contributed by atoms with Crippen LogP contribution in [-0.4, -0.2) is 18.4 Å². The molecule has 0 heterocycles. The molecule has 0 atom stereocenters. The normalized spacial score (nSPS) is 14.5. The summed E-state index contributed by atoms with van der Waals surface area (Å²) in [6.45, 7) is 2.95. The predicted octanol–water partition coefficient (Wildman–Crippen LogP) is 3.40. The van der Waals surface area contributed by atoms with Gasteiger partial charge in [0, 0.05) is 18.1 Å². The fourth-order valence-electron chi connectivity index (χ4n) is 3.04. The first-order chi connectivity index (χ1) is 12.5. The lowest BCUT2D eigenvalue weighted by Gasteiger charge is -2.15. The molecule has 0 unspecified atom stereocenters. The maximum Gasteiger partial charge on any atom is 0.235 e. The number of halogens is 1. The first-order valence-corrected chi connectivity index (χ1v) is 9.24. The van der Waals surface area contributed by atoms with Gasteiger partial charge in [0.05, 0.1) is 0 Å². The zero-order valence-corrected chi connectivity index (χ0v) is 15.6. The van der Waals surface area contributed by atoms with Crippen LogP contribution in [0.4, 0.5) is 0 Å². The molecule has 0 spiro atoms. The molecule has 0 aromatic heterocycles. The minimum atomic E-state index is -0.891. The number of benzene rings is 2. The second-order valence-electron chi connectivity index (χ2n) is 6.89. The number of hydrogen-bond acceptors (Lipinski definition) is 2. The Hall–Kier alpha value is -2.33. The first-order valence-electron chi connectivity index (χ1n) is 8.86. The highest BCUT2D eigenvalue weighted by Crippen LogP contribution is 2.46. The van der Waals surface area contributed by atoms with Crippen molar-refractivity contribution in [2.24, 2.45) is 5.41 Å². The molecule has 0 aliphatic heterocycles. The van der Waals surface area contributed by atoms with E-state index >= 15 is 0 Å². The molecule has 26 heavy (non-hydrogen) atoms. The van der Waals surface area contributed by atoms with Gasteiger partial charge in [0.1, 0.15) is 5.41 Å². The molecule has 1 aliphatic rings. The molecule has 5 heteroatoms. The van der Waals surface area contributed by atoms with Crippen molar-refractivity contribution in [2.75, 3.05) is 6.54 Å². The maximum atomic E-state index is 12.5. The van der Waals surface area contributed by atoms with Crippen molar-refractivity contribution in [1.82, 2.24) is 10.6 Å². The van der Waals surface area contributed by atoms with Crippen molar-refractivity contribution in [3.8, 4) is 0 Å². The average molecular weight is 371 g/mol. The van der Waals surface area contributed by atoms with Crippen molar-refractivity contribution in [2.45, 2.75) is 32.7 Å². The number of hydrogen-bond donors (Lipinski definition) is 2. The molecule has 2 aromatic carbocycles. The highest BCUT2D eigenvalue weighted by Gasteiger charge is 2.56. The molecule has 2 N–H and O–H groups in total. The molecule has 1 fully saturated rings. The zero-order valence-electron chi connectivity index (χ0n) is 14.8. The lowest BCUT2D eigenvalue weighted by Crippen LogP contribution is -2.43. The van der Waals surface area contributed by atoms with Crippen LogP contribution in [0, 0.1) is 12.3 Å². The molecule has 0 radical (unpaired) electrons. The minimum absolute atomic E-state index is 0.179. The van der Waals surface area contributed by atoms with E-state index in [4.69, 9.17) is 11.6 Å². The third kappa shape index (κ3) is 4.44. The largest absolute Gasteiger partial charge is 0.355 e. The lowest BCUT2D eigenvalue weighted by molar-refractivity contribution is -0.137. The van der Waals surface area contributed by atoms with Crippen LogP contribution in [0.25, 0.3) is 0 Å². The number of nitrogens with one attached hydrogen (secondary N) is 2. The first kappa shape index (κ1) is 18.5. The van der Waals surface area contributed by atoms with E-state index in [0.717, 1.165) is 16.7 Å². The Balaban J connectivity index is 1.49. The third-order valence-electron chi connectivity index (χ3n) is 4.74. The quantitative estimate of drug-likeness (QED) is 0.734. The second kappa shape index (κ2) is 7.92. The van der Waals surface area contributed by atoms with Crippen LogP contribution >= 0.6 is 11.6 Å². The Labute approximate surface area is 158 Å². The highest BCUT2D eigenvalue weighted by molar-refractivity contribution is 6.30. The van der Waals surface area contributed by atoms with Crippen LogP contribution in [0.1, 0.15) is 29.5 Å². The Morgan fingerprint density at radius 2 is 1.69 bits per heavy atom. The van der Waals surface area contributed by atoms with E-state index < -0.39 is 5.41 Å². The van der Waals surface area contributed by atoms with Crippen molar-refractivity contribution < 1.29 is 9.59 Å². The summed E-state index contributed by atoms with van der Waals surface area (Å²) in [6, 6.07) is 15.5. The van der Waals surface area contributed by atoms with Gasteiger partial charge in [-0.25, -0.2) is 0 Å². The fourth-order valence-corrected chi connectivity index (χ4v) is 3.25. The van der Waals surface area contributed by atoms with Crippen molar-refractivity contribution in [3.05, 3.63) is 70.2 Å². The number of amides is 2. The summed E-state index contributed by atoms with van der Waals surface area (Å²) >= 11 is 5.97. The van der Waals surface area contributed by atoms with Crippen LogP contribution in [0.3, 0.4) is 0 Å². The van der Waals surface area contributed by atoms with Crippen LogP contribution in [0.15, 0.2) is 48.5 Å². The topological polar surface area (TPSA) is 58.2 Å². The van der Waals surface area contributed by atoms with Gasteiger partial charge in [-0.2, -0.15) is 0 Å². The van der Waals surface area contributed by atoms with E-state index in [2.05, 4.69) is 10.6 Å². The summed E-state index contributed by atoms with van der Waals surface area (Å²) in [5.41, 5.74) is 2.36. The van der Waals surface area contributed by atoms with Crippen LogP contribution < -0.4 is 10.6 Å². The van der Waals surface area contributed by atoms with E-state index in [9.17, 15) is 9.59 Å². The number of aryl methyl sites for hydroxylation is 1. The average Bonchev–Trinajstić information content (AvgIpc) is 3.42. The van der Waals surface area contributed by atoms with Gasteiger partial charge >= 0.3 is 0 Å². The smallest absolute Gasteiger partial charge is 0.235 e. The molecule has 0 saturated heterocycles. The summed E-state index contributed by atoms with van der Waals surface area (Å²) in [7, 11) is 0. The zero-order chi connectivity index (χ0) is 18.6. The Morgan fingerprint density at radius 1 is 1.00 bits per heavy atom. The van der Waals surface area contributed by atoms with Crippen molar-refractivity contribution in [1.29, 1.82) is 0 Å². The van der Waals surface area contributed by atoms with Gasteiger partial charge in [-0.1, -0.05) is 53.6 Å². The van der Waals surface area contributed by atoms with E-state index in [1.165, 1.54) is 0 Å². The summed E-state index contributed by atoms with van der Waals surface area (Å²) in [6.07, 6.45) is 1.90. The monoisotopic (exact) mass is 370 g/mol. The maximum absolute atomic E-state index is 12.5. The number of carbonyl (C=O) groups is 2. The van der Waals surface area contributed by atoms with Gasteiger partial charge in [0.25, 0.3) is 0 Å². The Kier molecular flexibility index (Phi) is 5.62. The third-order valence-corrected chi connectivity index (χ3v) is 4.98. The van der Waals surface area contributed by atoms with E-state index in [1.54, 1.807) is 0 Å². The van der Waals surface area contributed by atoms with E-state index in [1.807, 2.05) is 55.5 Å². The second-order valence-corrected chi connectivity index (χ2v) is 7.33. The van der Waals surface area contributed by atoms with Gasteiger partial charge < -0.3 is 10.6 Å². The Morgan fingerprint density at radius 3 is 2.38 bits per heavy atom. The Bertz CT molecular complexity index is 815. The molecular weight excluding hydrogens is 348 g/mol.